The van der Waals surface area contributed by atoms with Crippen molar-refractivity contribution in [2.45, 2.75) is 64.3 Å². The molecule has 1 aliphatic heterocycles. The number of carboxylic acid groups (broad SMARTS) is 1. The Morgan fingerprint density at radius 1 is 1.26 bits per heavy atom. The van der Waals surface area contributed by atoms with Gasteiger partial charge in [0.25, 0.3) is 0 Å². The number of alkyl carbamates (subject to hydrolysis) is 1. The van der Waals surface area contributed by atoms with Gasteiger partial charge < -0.3 is 20.5 Å². The number of nitrogens with zero attached hydrogens (tertiary/aromatic N) is 4. The molecule has 3 amide bonds. The van der Waals surface area contributed by atoms with Crippen LogP contribution in [0.25, 0.3) is 0 Å². The molecule has 0 bridgehead atoms. The quantitative estimate of drug-likeness (QED) is 0.425. The summed E-state index contributed by atoms with van der Waals surface area (Å²) in [6.45, 7) is 5.01. The van der Waals surface area contributed by atoms with Crippen LogP contribution in [0.1, 0.15) is 45.0 Å². The SMILES string of the molecule is CC(C)(C)OC(=O)NC(CCC(=O)O)C(=O)N1c2ccccc2CC1C(=O)NCc1nn[nH]n1. The van der Waals surface area contributed by atoms with Crippen LogP contribution in [0, 0.1) is 0 Å². The Balaban J connectivity index is 1.84. The summed E-state index contributed by atoms with van der Waals surface area (Å²) >= 11 is 0. The minimum Gasteiger partial charge on any atom is -0.481 e. The molecule has 3 rings (SSSR count). The number of nitrogens with one attached hydrogen (secondary N) is 3. The predicted octanol–water partition coefficient (Wildman–Crippen LogP) is 0.532. The lowest BCUT2D eigenvalue weighted by Gasteiger charge is -2.30. The number of anilines is 1. The molecule has 0 spiro atoms. The second kappa shape index (κ2) is 10.3. The number of amides is 3. The summed E-state index contributed by atoms with van der Waals surface area (Å²) in [5.41, 5.74) is 0.464. The lowest BCUT2D eigenvalue weighted by atomic mass is 10.1. The van der Waals surface area contributed by atoms with Gasteiger partial charge in [-0.3, -0.25) is 19.3 Å². The Hall–Kier alpha value is -4.03. The summed E-state index contributed by atoms with van der Waals surface area (Å²) < 4.78 is 5.24. The molecule has 4 N–H and O–H groups in total. The zero-order valence-electron chi connectivity index (χ0n) is 19.1. The van der Waals surface area contributed by atoms with E-state index in [1.54, 1.807) is 45.0 Å². The van der Waals surface area contributed by atoms with Crippen LogP contribution in [0.2, 0.25) is 0 Å². The van der Waals surface area contributed by atoms with Gasteiger partial charge in [0.15, 0.2) is 5.82 Å². The van der Waals surface area contributed by atoms with Gasteiger partial charge in [-0.1, -0.05) is 23.4 Å². The Bertz CT molecular complexity index is 1050. The number of aliphatic carboxylic acids is 1. The molecule has 0 fully saturated rings. The largest absolute Gasteiger partial charge is 0.481 e. The topological polar surface area (TPSA) is 180 Å². The van der Waals surface area contributed by atoms with E-state index in [0.717, 1.165) is 5.56 Å². The molecule has 2 atom stereocenters. The number of carbonyl (C=O) groups is 4. The third-order valence-corrected chi connectivity index (χ3v) is 4.96. The van der Waals surface area contributed by atoms with E-state index in [2.05, 4.69) is 31.3 Å². The minimum atomic E-state index is -1.22. The fraction of sp³-hybridized carbons (Fsp3) is 0.476. The third kappa shape index (κ3) is 6.27. The molecule has 1 aromatic heterocycles. The molecule has 34 heavy (non-hydrogen) atoms. The average molecular weight is 473 g/mol. The summed E-state index contributed by atoms with van der Waals surface area (Å²) in [4.78, 5) is 51.5. The number of rotatable bonds is 8. The van der Waals surface area contributed by atoms with E-state index >= 15 is 0 Å². The van der Waals surface area contributed by atoms with Crippen molar-refractivity contribution < 1.29 is 29.0 Å². The first-order chi connectivity index (χ1) is 16.0. The Labute approximate surface area is 195 Å². The number of hydrogen-bond donors (Lipinski definition) is 4. The van der Waals surface area contributed by atoms with E-state index in [1.807, 2.05) is 0 Å². The van der Waals surface area contributed by atoms with Crippen LogP contribution < -0.4 is 15.5 Å². The second-order valence-corrected chi connectivity index (χ2v) is 8.73. The maximum absolute atomic E-state index is 13.6. The van der Waals surface area contributed by atoms with Crippen molar-refractivity contribution in [2.24, 2.45) is 0 Å². The van der Waals surface area contributed by atoms with Gasteiger partial charge in [0.2, 0.25) is 11.8 Å². The average Bonchev–Trinajstić information content (AvgIpc) is 3.40. The summed E-state index contributed by atoms with van der Waals surface area (Å²) in [6, 6.07) is 4.89. The first kappa shape index (κ1) is 24.6. The number of H-pyrrole nitrogens is 1. The summed E-state index contributed by atoms with van der Waals surface area (Å²) in [5, 5.41) is 27.6. The standard InChI is InChI=1S/C21H27N7O6/c1-21(2,3)34-20(33)23-13(8-9-17(29)30)19(32)28-14-7-5-4-6-12(14)10-15(28)18(31)22-11-16-24-26-27-25-16/h4-7,13,15H,8-11H2,1-3H3,(H,22,31)(H,23,33)(H,29,30)(H,24,25,26,27). The molecule has 0 radical (unpaired) electrons. The van der Waals surface area contributed by atoms with Crippen molar-refractivity contribution in [3.05, 3.63) is 35.7 Å². The molecule has 13 heteroatoms. The van der Waals surface area contributed by atoms with Crippen LogP contribution in [0.5, 0.6) is 0 Å². The molecule has 2 aromatic rings. The normalized spacial score (nSPS) is 15.9. The van der Waals surface area contributed by atoms with Crippen LogP contribution in [0.4, 0.5) is 10.5 Å². The zero-order chi connectivity index (χ0) is 24.9. The second-order valence-electron chi connectivity index (χ2n) is 8.73. The summed E-state index contributed by atoms with van der Waals surface area (Å²) in [7, 11) is 0. The van der Waals surface area contributed by atoms with Gasteiger partial charge in [-0.15, -0.1) is 10.2 Å². The molecule has 1 aliphatic rings. The van der Waals surface area contributed by atoms with E-state index in [-0.39, 0.29) is 31.6 Å². The Morgan fingerprint density at radius 2 is 2.00 bits per heavy atom. The van der Waals surface area contributed by atoms with E-state index in [9.17, 15) is 19.2 Å². The van der Waals surface area contributed by atoms with Crippen LogP contribution in [0.15, 0.2) is 24.3 Å². The van der Waals surface area contributed by atoms with Crippen molar-refractivity contribution >= 4 is 29.6 Å². The Morgan fingerprint density at radius 3 is 2.65 bits per heavy atom. The predicted molar refractivity (Wildman–Crippen MR) is 117 cm³/mol. The number of carbonyl (C=O) groups excluding carboxylic acids is 3. The number of fused-ring (bicyclic) bond motifs is 1. The smallest absolute Gasteiger partial charge is 0.408 e. The van der Waals surface area contributed by atoms with Gasteiger partial charge in [0.05, 0.1) is 6.54 Å². The van der Waals surface area contributed by atoms with Crippen molar-refractivity contribution in [1.29, 1.82) is 0 Å². The first-order valence-electron chi connectivity index (χ1n) is 10.7. The number of aromatic amines is 1. The molecule has 182 valence electrons. The van der Waals surface area contributed by atoms with E-state index in [1.165, 1.54) is 4.90 Å². The molecule has 0 saturated heterocycles. The first-order valence-corrected chi connectivity index (χ1v) is 10.7. The number of carboxylic acids is 1. The fourth-order valence-corrected chi connectivity index (χ4v) is 3.55. The molecular weight excluding hydrogens is 446 g/mol. The summed E-state index contributed by atoms with van der Waals surface area (Å²) in [6.07, 6.45) is -1.15. The monoisotopic (exact) mass is 473 g/mol. The van der Waals surface area contributed by atoms with E-state index in [0.29, 0.717) is 5.69 Å². The highest BCUT2D eigenvalue weighted by Gasteiger charge is 2.41. The van der Waals surface area contributed by atoms with Crippen molar-refractivity contribution in [2.75, 3.05) is 4.90 Å². The number of hydrogen-bond acceptors (Lipinski definition) is 8. The number of benzene rings is 1. The van der Waals surface area contributed by atoms with Gasteiger partial charge in [-0.05, 0) is 38.8 Å². The van der Waals surface area contributed by atoms with Gasteiger partial charge in [0.1, 0.15) is 17.7 Å². The highest BCUT2D eigenvalue weighted by molar-refractivity contribution is 6.06. The summed E-state index contributed by atoms with van der Waals surface area (Å²) in [5.74, 6) is -1.92. The molecular formula is C21H27N7O6. The fourth-order valence-electron chi connectivity index (χ4n) is 3.55. The van der Waals surface area contributed by atoms with Gasteiger partial charge in [-0.25, -0.2) is 4.79 Å². The minimum absolute atomic E-state index is 0.00279. The van der Waals surface area contributed by atoms with Crippen LogP contribution >= 0.6 is 0 Å². The van der Waals surface area contributed by atoms with Gasteiger partial charge in [-0.2, -0.15) is 5.21 Å². The maximum Gasteiger partial charge on any atom is 0.408 e. The highest BCUT2D eigenvalue weighted by atomic mass is 16.6. The number of ether oxygens (including phenoxy) is 1. The van der Waals surface area contributed by atoms with Crippen molar-refractivity contribution in [1.82, 2.24) is 31.3 Å². The molecule has 13 nitrogen and oxygen atoms in total. The lowest BCUT2D eigenvalue weighted by Crippen LogP contribution is -2.55. The van der Waals surface area contributed by atoms with Crippen LogP contribution in [-0.2, 0) is 32.1 Å². The van der Waals surface area contributed by atoms with E-state index in [4.69, 9.17) is 9.84 Å². The van der Waals surface area contributed by atoms with Crippen LogP contribution in [0.3, 0.4) is 0 Å². The highest BCUT2D eigenvalue weighted by Crippen LogP contribution is 2.33. The van der Waals surface area contributed by atoms with Crippen molar-refractivity contribution in [3.63, 3.8) is 0 Å². The Kier molecular flexibility index (Phi) is 7.44. The molecule has 0 saturated carbocycles. The number of para-hydroxylation sites is 1. The van der Waals surface area contributed by atoms with Crippen LogP contribution in [-0.4, -0.2) is 67.3 Å². The zero-order valence-corrected chi connectivity index (χ0v) is 19.1. The van der Waals surface area contributed by atoms with Crippen molar-refractivity contribution in [3.8, 4) is 0 Å². The molecule has 2 heterocycles. The lowest BCUT2D eigenvalue weighted by molar-refractivity contribution is -0.137. The molecule has 1 aromatic carbocycles. The van der Waals surface area contributed by atoms with Gasteiger partial charge >= 0.3 is 12.1 Å². The maximum atomic E-state index is 13.6. The van der Waals surface area contributed by atoms with E-state index < -0.39 is 41.6 Å². The molecule has 0 aliphatic carbocycles. The third-order valence-electron chi connectivity index (χ3n) is 4.96. The number of tetrazole rings is 1. The van der Waals surface area contributed by atoms with Gasteiger partial charge in [0, 0.05) is 18.5 Å². The number of aromatic nitrogens is 4. The molecule has 2 unspecified atom stereocenters.